The van der Waals surface area contributed by atoms with Crippen molar-refractivity contribution in [2.45, 2.75) is 57.1 Å². The van der Waals surface area contributed by atoms with Crippen molar-refractivity contribution in [2.24, 2.45) is 16.6 Å². The summed E-state index contributed by atoms with van der Waals surface area (Å²) in [5, 5.41) is 3.15. The molecule has 2 aromatic carbocycles. The van der Waals surface area contributed by atoms with Crippen molar-refractivity contribution >= 4 is 29.8 Å². The maximum atomic E-state index is 13.0. The van der Waals surface area contributed by atoms with Gasteiger partial charge in [-0.25, -0.2) is 9.59 Å². The zero-order chi connectivity index (χ0) is 32.3. The Morgan fingerprint density at radius 1 is 0.826 bits per heavy atom. The Balaban J connectivity index is 0.992. The molecule has 5 rings (SSSR count). The predicted molar refractivity (Wildman–Crippen MR) is 170 cm³/mol. The molecule has 2 aromatic rings. The van der Waals surface area contributed by atoms with E-state index in [9.17, 15) is 19.2 Å². The number of piperidine rings is 1. The molecule has 2 heterocycles. The van der Waals surface area contributed by atoms with Gasteiger partial charge in [-0.1, -0.05) is 54.6 Å². The number of nitrogens with two attached hydrogens (primary N) is 1. The monoisotopic (exact) mass is 633 g/mol. The molecule has 1 aliphatic carbocycles. The third kappa shape index (κ3) is 9.29. The number of rotatable bonds is 8. The zero-order valence-electron chi connectivity index (χ0n) is 26.1. The number of nitrogens with one attached hydrogen (secondary N) is 1. The molecule has 1 saturated carbocycles. The largest absolute Gasteiger partial charge is 0.455 e. The van der Waals surface area contributed by atoms with Crippen LogP contribution in [0.5, 0.6) is 0 Å². The number of urea groups is 1. The highest BCUT2D eigenvalue weighted by Crippen LogP contribution is 2.29. The van der Waals surface area contributed by atoms with Crippen molar-refractivity contribution in [1.29, 1.82) is 0 Å². The SMILES string of the molecule is NC(=NC(=O)OCc1ccccc1)c1ccc(C2CCN(C(=O)NC3CCC(C(=O)OCC(=O)N4CCOCC4)CC3)CC2)cc1. The number of esters is 1. The molecular formula is C34H43N5O7. The molecule has 12 nitrogen and oxygen atoms in total. The normalized spacial score (nSPS) is 20.9. The van der Waals surface area contributed by atoms with Crippen LogP contribution in [0.15, 0.2) is 59.6 Å². The number of morpholine rings is 1. The van der Waals surface area contributed by atoms with E-state index in [1.165, 1.54) is 0 Å². The van der Waals surface area contributed by atoms with Crippen molar-refractivity contribution in [3.63, 3.8) is 0 Å². The average molecular weight is 634 g/mol. The number of carbonyl (C=O) groups excluding carboxylic acids is 4. The quantitative estimate of drug-likeness (QED) is 0.254. The lowest BCUT2D eigenvalue weighted by atomic mass is 9.86. The molecule has 246 valence electrons. The maximum absolute atomic E-state index is 13.0. The second-order valence-electron chi connectivity index (χ2n) is 12.0. The first-order valence-electron chi connectivity index (χ1n) is 16.1. The summed E-state index contributed by atoms with van der Waals surface area (Å²) in [6.45, 7) is 3.25. The van der Waals surface area contributed by atoms with E-state index in [0.717, 1.165) is 24.0 Å². The van der Waals surface area contributed by atoms with Crippen LogP contribution in [-0.2, 0) is 30.4 Å². The standard InChI is InChI=1S/C34H43N5O7/c35-31(37-34(43)46-22-24-4-2-1-3-5-24)27-8-6-25(7-9-27)26-14-16-39(17-15-26)33(42)36-29-12-10-28(11-13-29)32(41)45-23-30(40)38-18-20-44-21-19-38/h1-9,26,28-29H,10-23H2,(H,36,42)(H2,35,37,43). The van der Waals surface area contributed by atoms with Gasteiger partial charge in [0, 0.05) is 37.8 Å². The fraction of sp³-hybridized carbons (Fsp3) is 0.500. The first-order chi connectivity index (χ1) is 22.4. The lowest BCUT2D eigenvalue weighted by molar-refractivity contribution is -0.157. The summed E-state index contributed by atoms with van der Waals surface area (Å²) in [5.41, 5.74) is 8.72. The number of ether oxygens (including phenoxy) is 3. The molecule has 46 heavy (non-hydrogen) atoms. The van der Waals surface area contributed by atoms with Gasteiger partial charge in [0.2, 0.25) is 0 Å². The van der Waals surface area contributed by atoms with Gasteiger partial charge in [-0.3, -0.25) is 9.59 Å². The van der Waals surface area contributed by atoms with Crippen molar-refractivity contribution in [2.75, 3.05) is 46.0 Å². The van der Waals surface area contributed by atoms with Crippen LogP contribution in [0.1, 0.15) is 61.1 Å². The molecule has 3 aliphatic rings. The summed E-state index contributed by atoms with van der Waals surface area (Å²) in [7, 11) is 0. The topological polar surface area (TPSA) is 153 Å². The first-order valence-corrected chi connectivity index (χ1v) is 16.1. The van der Waals surface area contributed by atoms with Crippen molar-refractivity contribution in [1.82, 2.24) is 15.1 Å². The van der Waals surface area contributed by atoms with Crippen LogP contribution in [0.25, 0.3) is 0 Å². The third-order valence-electron chi connectivity index (χ3n) is 8.97. The first kappa shape index (κ1) is 32.9. The smallest absolute Gasteiger partial charge is 0.435 e. The van der Waals surface area contributed by atoms with Gasteiger partial charge in [-0.2, -0.15) is 4.99 Å². The highest BCUT2D eigenvalue weighted by atomic mass is 16.5. The number of benzene rings is 2. The summed E-state index contributed by atoms with van der Waals surface area (Å²) in [6, 6.07) is 17.0. The van der Waals surface area contributed by atoms with E-state index < -0.39 is 6.09 Å². The zero-order valence-corrected chi connectivity index (χ0v) is 26.1. The van der Waals surface area contributed by atoms with E-state index in [4.69, 9.17) is 19.9 Å². The van der Waals surface area contributed by atoms with Crippen LogP contribution in [0.4, 0.5) is 9.59 Å². The fourth-order valence-electron chi connectivity index (χ4n) is 6.15. The Hall–Kier alpha value is -4.45. The van der Waals surface area contributed by atoms with E-state index >= 15 is 0 Å². The molecule has 2 aliphatic heterocycles. The summed E-state index contributed by atoms with van der Waals surface area (Å²) >= 11 is 0. The minimum atomic E-state index is -0.737. The number of hydrogen-bond donors (Lipinski definition) is 2. The number of nitrogens with zero attached hydrogens (tertiary/aromatic N) is 3. The van der Waals surface area contributed by atoms with Gasteiger partial charge >= 0.3 is 18.1 Å². The Morgan fingerprint density at radius 2 is 1.50 bits per heavy atom. The molecule has 0 bridgehead atoms. The molecule has 0 spiro atoms. The second kappa shape index (κ2) is 16.2. The number of carbonyl (C=O) groups is 4. The third-order valence-corrected chi connectivity index (χ3v) is 8.97. The van der Waals surface area contributed by atoms with E-state index in [1.807, 2.05) is 59.5 Å². The van der Waals surface area contributed by atoms with E-state index in [0.29, 0.717) is 76.6 Å². The van der Waals surface area contributed by atoms with Crippen molar-refractivity contribution < 1.29 is 33.4 Å². The highest BCUT2D eigenvalue weighted by Gasteiger charge is 2.31. The molecule has 0 radical (unpaired) electrons. The number of likely N-dealkylation sites (tertiary alicyclic amines) is 1. The van der Waals surface area contributed by atoms with Crippen LogP contribution in [0, 0.1) is 5.92 Å². The van der Waals surface area contributed by atoms with E-state index in [1.54, 1.807) is 4.90 Å². The van der Waals surface area contributed by atoms with E-state index in [2.05, 4.69) is 10.3 Å². The fourth-order valence-corrected chi connectivity index (χ4v) is 6.15. The Morgan fingerprint density at radius 3 is 2.17 bits per heavy atom. The van der Waals surface area contributed by atoms with Gasteiger partial charge < -0.3 is 35.1 Å². The van der Waals surface area contributed by atoms with Crippen LogP contribution in [0.3, 0.4) is 0 Å². The van der Waals surface area contributed by atoms with Crippen LogP contribution < -0.4 is 11.1 Å². The second-order valence-corrected chi connectivity index (χ2v) is 12.0. The molecule has 4 amide bonds. The molecule has 12 heteroatoms. The highest BCUT2D eigenvalue weighted by molar-refractivity contribution is 6.02. The number of hydrogen-bond acceptors (Lipinski definition) is 7. The molecule has 0 aromatic heterocycles. The van der Waals surface area contributed by atoms with Gasteiger partial charge in [0.05, 0.1) is 19.1 Å². The van der Waals surface area contributed by atoms with Crippen molar-refractivity contribution in [3.8, 4) is 0 Å². The molecule has 3 N–H and O–H groups in total. The van der Waals surface area contributed by atoms with Gasteiger partial charge in [-0.15, -0.1) is 0 Å². The van der Waals surface area contributed by atoms with Crippen LogP contribution in [-0.4, -0.2) is 91.7 Å². The molecule has 3 fully saturated rings. The van der Waals surface area contributed by atoms with E-state index in [-0.39, 0.29) is 48.9 Å². The Kier molecular flexibility index (Phi) is 11.6. The number of aliphatic imine (C=N–C) groups is 1. The summed E-state index contributed by atoms with van der Waals surface area (Å²) in [4.78, 5) is 57.3. The molecule has 0 unspecified atom stereocenters. The summed E-state index contributed by atoms with van der Waals surface area (Å²) in [6.07, 6.45) is 3.58. The summed E-state index contributed by atoms with van der Waals surface area (Å²) < 4.78 is 15.8. The van der Waals surface area contributed by atoms with Crippen molar-refractivity contribution in [3.05, 3.63) is 71.3 Å². The minimum Gasteiger partial charge on any atom is -0.455 e. The lowest BCUT2D eigenvalue weighted by Crippen LogP contribution is -2.48. The lowest BCUT2D eigenvalue weighted by Gasteiger charge is -2.35. The maximum Gasteiger partial charge on any atom is 0.435 e. The average Bonchev–Trinajstić information content (AvgIpc) is 3.10. The van der Waals surface area contributed by atoms with Crippen LogP contribution in [0.2, 0.25) is 0 Å². The summed E-state index contributed by atoms with van der Waals surface area (Å²) in [5.74, 6) is -0.364. The van der Waals surface area contributed by atoms with Gasteiger partial charge in [-0.05, 0) is 55.6 Å². The number of amidine groups is 1. The molecular weight excluding hydrogens is 590 g/mol. The number of amides is 4. The van der Waals surface area contributed by atoms with Gasteiger partial charge in [0.25, 0.3) is 5.91 Å². The van der Waals surface area contributed by atoms with Crippen LogP contribution >= 0.6 is 0 Å². The van der Waals surface area contributed by atoms with Gasteiger partial charge in [0.1, 0.15) is 12.4 Å². The molecule has 0 atom stereocenters. The predicted octanol–water partition coefficient (Wildman–Crippen LogP) is 3.58. The Bertz CT molecular complexity index is 1360. The molecule has 2 saturated heterocycles. The minimum absolute atomic E-state index is 0.0135. The van der Waals surface area contributed by atoms with Gasteiger partial charge in [0.15, 0.2) is 6.61 Å². The Labute approximate surface area is 269 Å².